The summed E-state index contributed by atoms with van der Waals surface area (Å²) in [5.74, 6) is 0. The second kappa shape index (κ2) is 1.67. The summed E-state index contributed by atoms with van der Waals surface area (Å²) in [7, 11) is 2.42. The average Bonchev–Trinajstić information content (AvgIpc) is 1.38. The molecule has 0 unspecified atom stereocenters. The standard InChI is InChI=1S/C2NOSi/c3-1-2(4)5. The molecule has 0 spiro atoms. The third-order valence-electron chi connectivity index (χ3n) is 0.102. The first-order valence-electron chi connectivity index (χ1n) is 0.928. The molecule has 0 aliphatic rings. The molecule has 0 rings (SSSR count). The van der Waals surface area contributed by atoms with Crippen LogP contribution in [0.1, 0.15) is 0 Å². The fourth-order valence-electron chi connectivity index (χ4n) is 0. The summed E-state index contributed by atoms with van der Waals surface area (Å²) in [5, 5.41) is 6.86. The van der Waals surface area contributed by atoms with Gasteiger partial charge in [-0.2, -0.15) is 5.26 Å². The van der Waals surface area contributed by atoms with E-state index in [9.17, 15) is 4.79 Å². The molecule has 0 aliphatic heterocycles. The molecule has 0 aromatic carbocycles. The summed E-state index contributed by atoms with van der Waals surface area (Å²) >= 11 is 0. The van der Waals surface area contributed by atoms with Crippen molar-refractivity contribution >= 4 is 15.6 Å². The quantitative estimate of drug-likeness (QED) is 0.284. The van der Waals surface area contributed by atoms with Crippen molar-refractivity contribution in [2.45, 2.75) is 0 Å². The van der Waals surface area contributed by atoms with Crippen molar-refractivity contribution in [3.8, 4) is 6.07 Å². The highest BCUT2D eigenvalue weighted by molar-refractivity contribution is 6.62. The van der Waals surface area contributed by atoms with Gasteiger partial charge in [0.15, 0.2) is 5.41 Å². The van der Waals surface area contributed by atoms with Gasteiger partial charge in [0.25, 0.3) is 0 Å². The maximum atomic E-state index is 9.36. The van der Waals surface area contributed by atoms with Gasteiger partial charge >= 0.3 is 0 Å². The fraction of sp³-hybridized carbons (Fsp3) is 0. The van der Waals surface area contributed by atoms with Gasteiger partial charge in [-0.25, -0.2) is 0 Å². The molecule has 0 fully saturated rings. The minimum Gasteiger partial charge on any atom is -0.290 e. The Kier molecular flexibility index (Phi) is 1.46. The van der Waals surface area contributed by atoms with Crippen LogP contribution >= 0.6 is 0 Å². The van der Waals surface area contributed by atoms with Gasteiger partial charge in [0.1, 0.15) is 16.3 Å². The molecular formula is C2NOSi. The van der Waals surface area contributed by atoms with Gasteiger partial charge in [-0.15, -0.1) is 0 Å². The largest absolute Gasteiger partial charge is 0.290 e. The Hall–Kier alpha value is -0.623. The molecular weight excluding hydrogens is 82.1 g/mol. The molecule has 0 amide bonds. The fourth-order valence-corrected chi connectivity index (χ4v) is 0. The van der Waals surface area contributed by atoms with Crippen LogP contribution in [0.4, 0.5) is 0 Å². The second-order valence-corrected chi connectivity index (χ2v) is 0.895. The average molecular weight is 82.1 g/mol. The zero-order chi connectivity index (χ0) is 4.28. The Morgan fingerprint density at radius 3 is 2.20 bits per heavy atom. The Balaban J connectivity index is 3.35. The van der Waals surface area contributed by atoms with Crippen molar-refractivity contribution in [2.75, 3.05) is 0 Å². The molecule has 0 saturated carbocycles. The van der Waals surface area contributed by atoms with Crippen molar-refractivity contribution in [2.24, 2.45) is 0 Å². The van der Waals surface area contributed by atoms with Gasteiger partial charge in [0.05, 0.1) is 0 Å². The normalized spacial score (nSPS) is 5.60. The van der Waals surface area contributed by atoms with Crippen molar-refractivity contribution in [3.05, 3.63) is 0 Å². The predicted molar refractivity (Wildman–Crippen MR) is 16.4 cm³/mol. The van der Waals surface area contributed by atoms with E-state index in [1.807, 2.05) is 0 Å². The summed E-state index contributed by atoms with van der Waals surface area (Å²) in [4.78, 5) is 9.36. The number of carbonyl (C=O) groups is 1. The van der Waals surface area contributed by atoms with Gasteiger partial charge in [0.2, 0.25) is 0 Å². The first-order chi connectivity index (χ1) is 2.27. The minimum atomic E-state index is -0.634. The van der Waals surface area contributed by atoms with Gasteiger partial charge in [-0.3, -0.25) is 4.79 Å². The first-order valence-corrected chi connectivity index (χ1v) is 1.43. The van der Waals surface area contributed by atoms with E-state index in [1.165, 1.54) is 6.07 Å². The molecule has 0 aliphatic carbocycles. The van der Waals surface area contributed by atoms with Crippen LogP contribution < -0.4 is 0 Å². The van der Waals surface area contributed by atoms with Crippen LogP contribution in [0.3, 0.4) is 0 Å². The number of rotatable bonds is 0. The van der Waals surface area contributed by atoms with Gasteiger partial charge in [0, 0.05) is 0 Å². The summed E-state index contributed by atoms with van der Waals surface area (Å²) in [6.45, 7) is 0. The highest BCUT2D eigenvalue weighted by Gasteiger charge is 1.76. The van der Waals surface area contributed by atoms with E-state index in [1.54, 1.807) is 0 Å². The smallest absolute Gasteiger partial charge is 0.199 e. The van der Waals surface area contributed by atoms with Crippen LogP contribution in [-0.2, 0) is 4.79 Å². The minimum absolute atomic E-state index is 0.634. The SMILES string of the molecule is N#CC(=O)[Si]. The Morgan fingerprint density at radius 1 is 2.00 bits per heavy atom. The van der Waals surface area contributed by atoms with Crippen LogP contribution in [0, 0.1) is 11.3 Å². The molecule has 0 atom stereocenters. The summed E-state index contributed by atoms with van der Waals surface area (Å²) in [6, 6.07) is 1.30. The molecule has 0 aromatic rings. The lowest BCUT2D eigenvalue weighted by atomic mass is 10.9. The summed E-state index contributed by atoms with van der Waals surface area (Å²) in [5.41, 5.74) is 0. The van der Waals surface area contributed by atoms with Crippen LogP contribution in [-0.4, -0.2) is 15.6 Å². The van der Waals surface area contributed by atoms with Gasteiger partial charge < -0.3 is 0 Å². The molecule has 0 aromatic heterocycles. The van der Waals surface area contributed by atoms with E-state index in [-0.39, 0.29) is 0 Å². The van der Waals surface area contributed by atoms with Crippen LogP contribution in [0.25, 0.3) is 0 Å². The molecule has 0 heterocycles. The van der Waals surface area contributed by atoms with E-state index >= 15 is 0 Å². The predicted octanol–water partition coefficient (Wildman–Crippen LogP) is -0.795. The lowest BCUT2D eigenvalue weighted by Gasteiger charge is -1.52. The maximum Gasteiger partial charge on any atom is 0.199 e. The molecule has 3 heteroatoms. The molecule has 0 saturated heterocycles. The van der Waals surface area contributed by atoms with Crippen molar-refractivity contribution < 1.29 is 4.79 Å². The van der Waals surface area contributed by atoms with Gasteiger partial charge in [-0.05, 0) is 0 Å². The highest BCUT2D eigenvalue weighted by atomic mass is 28.1. The van der Waals surface area contributed by atoms with Crippen molar-refractivity contribution in [1.82, 2.24) is 0 Å². The van der Waals surface area contributed by atoms with Crippen molar-refractivity contribution in [3.63, 3.8) is 0 Å². The third-order valence-corrected chi connectivity index (χ3v) is 0.213. The molecule has 2 nitrogen and oxygen atoms in total. The molecule has 0 bridgehead atoms. The Morgan fingerprint density at radius 2 is 2.20 bits per heavy atom. The Bertz CT molecular complexity index is 82.1. The van der Waals surface area contributed by atoms with E-state index in [4.69, 9.17) is 5.26 Å². The molecule has 0 N–H and O–H groups in total. The number of carbonyl (C=O) groups excluding carboxylic acids is 1. The van der Waals surface area contributed by atoms with Crippen LogP contribution in [0.2, 0.25) is 0 Å². The van der Waals surface area contributed by atoms with Crippen LogP contribution in [0.5, 0.6) is 0 Å². The van der Waals surface area contributed by atoms with Crippen LogP contribution in [0.15, 0.2) is 0 Å². The zero-order valence-corrected chi connectivity index (χ0v) is 3.36. The molecule has 5 heavy (non-hydrogen) atoms. The number of hydrogen-bond acceptors (Lipinski definition) is 2. The van der Waals surface area contributed by atoms with E-state index in [2.05, 4.69) is 10.2 Å². The topological polar surface area (TPSA) is 40.9 Å². The van der Waals surface area contributed by atoms with E-state index < -0.39 is 5.41 Å². The number of nitrogens with zero attached hydrogens (tertiary/aromatic N) is 1. The number of nitriles is 1. The lowest BCUT2D eigenvalue weighted by molar-refractivity contribution is -0.107. The van der Waals surface area contributed by atoms with Gasteiger partial charge in [-0.1, -0.05) is 0 Å². The monoisotopic (exact) mass is 82.0 g/mol. The van der Waals surface area contributed by atoms with E-state index in [0.717, 1.165) is 0 Å². The number of hydrogen-bond donors (Lipinski definition) is 0. The Labute approximate surface area is 32.8 Å². The lowest BCUT2D eigenvalue weighted by Crippen LogP contribution is -1.85. The summed E-state index contributed by atoms with van der Waals surface area (Å²) < 4.78 is 0. The molecule has 23 valence electrons. The molecule has 3 radical (unpaired) electrons. The second-order valence-electron chi connectivity index (χ2n) is 0.441. The summed E-state index contributed by atoms with van der Waals surface area (Å²) in [6.07, 6.45) is 0. The highest BCUT2D eigenvalue weighted by Crippen LogP contribution is 1.43. The maximum absolute atomic E-state index is 9.36. The van der Waals surface area contributed by atoms with E-state index in [0.29, 0.717) is 0 Å². The van der Waals surface area contributed by atoms with Crippen molar-refractivity contribution in [1.29, 1.82) is 5.26 Å². The zero-order valence-electron chi connectivity index (χ0n) is 2.36. The third kappa shape index (κ3) is 3.38. The first kappa shape index (κ1) is 4.38.